The minimum absolute atomic E-state index is 0.137. The van der Waals surface area contributed by atoms with Gasteiger partial charge in [0, 0.05) is 11.0 Å². The van der Waals surface area contributed by atoms with Crippen molar-refractivity contribution >= 4 is 0 Å². The second-order valence-corrected chi connectivity index (χ2v) is 8.30. The number of aromatic hydroxyl groups is 1. The SMILES string of the molecule is Cc1cc(C(O)C23CCCC(CC2)C3)nnc1-c1ccc(C(F)(F)F)cc1O. The summed E-state index contributed by atoms with van der Waals surface area (Å²) in [7, 11) is 0. The van der Waals surface area contributed by atoms with Crippen LogP contribution in [0.15, 0.2) is 24.3 Å². The number of nitrogens with zero attached hydrogens (tertiary/aromatic N) is 2. The Morgan fingerprint density at radius 1 is 1.14 bits per heavy atom. The van der Waals surface area contributed by atoms with Crippen molar-refractivity contribution in [1.29, 1.82) is 0 Å². The number of hydrogen-bond donors (Lipinski definition) is 2. The third-order valence-electron chi connectivity index (χ3n) is 6.48. The molecule has 0 spiro atoms. The van der Waals surface area contributed by atoms with Crippen LogP contribution in [0.5, 0.6) is 5.75 Å². The minimum Gasteiger partial charge on any atom is -0.507 e. The maximum absolute atomic E-state index is 12.8. The number of aryl methyl sites for hydroxylation is 1. The number of aromatic nitrogens is 2. The van der Waals surface area contributed by atoms with E-state index >= 15 is 0 Å². The number of benzene rings is 1. The molecule has 0 saturated heterocycles. The van der Waals surface area contributed by atoms with E-state index in [-0.39, 0.29) is 11.0 Å². The zero-order valence-electron chi connectivity index (χ0n) is 15.6. The molecule has 2 saturated carbocycles. The molecule has 2 aliphatic rings. The lowest BCUT2D eigenvalue weighted by Crippen LogP contribution is -2.29. The molecular formula is C21H23F3N2O2. The zero-order valence-corrected chi connectivity index (χ0v) is 15.6. The normalized spacial score (nSPS) is 25.7. The Labute approximate surface area is 161 Å². The lowest BCUT2D eigenvalue weighted by molar-refractivity contribution is -0.137. The van der Waals surface area contributed by atoms with Crippen LogP contribution in [0.25, 0.3) is 11.3 Å². The highest BCUT2D eigenvalue weighted by Gasteiger charge is 2.47. The first-order valence-corrected chi connectivity index (χ1v) is 9.62. The number of phenols is 1. The smallest absolute Gasteiger partial charge is 0.416 e. The molecule has 1 heterocycles. The predicted octanol–water partition coefficient (Wildman–Crippen LogP) is 5.18. The van der Waals surface area contributed by atoms with Crippen LogP contribution in [-0.4, -0.2) is 20.4 Å². The van der Waals surface area contributed by atoms with Gasteiger partial charge < -0.3 is 10.2 Å². The maximum Gasteiger partial charge on any atom is 0.416 e. The molecule has 4 nitrogen and oxygen atoms in total. The van der Waals surface area contributed by atoms with Crippen LogP contribution < -0.4 is 0 Å². The Morgan fingerprint density at radius 3 is 2.61 bits per heavy atom. The Kier molecular flexibility index (Phi) is 4.61. The molecule has 2 aromatic rings. The van der Waals surface area contributed by atoms with E-state index < -0.39 is 23.6 Å². The zero-order chi connectivity index (χ0) is 20.1. The largest absolute Gasteiger partial charge is 0.507 e. The molecule has 1 aromatic heterocycles. The monoisotopic (exact) mass is 392 g/mol. The minimum atomic E-state index is -4.52. The van der Waals surface area contributed by atoms with E-state index in [0.717, 1.165) is 38.2 Å². The molecule has 3 unspecified atom stereocenters. The van der Waals surface area contributed by atoms with Gasteiger partial charge in [-0.3, -0.25) is 0 Å². The molecule has 0 radical (unpaired) electrons. The van der Waals surface area contributed by atoms with Crippen molar-refractivity contribution in [2.45, 2.75) is 57.7 Å². The van der Waals surface area contributed by atoms with Crippen LogP contribution in [0.4, 0.5) is 13.2 Å². The van der Waals surface area contributed by atoms with E-state index in [1.54, 1.807) is 13.0 Å². The first-order chi connectivity index (χ1) is 13.2. The summed E-state index contributed by atoms with van der Waals surface area (Å²) in [6, 6.07) is 4.55. The summed E-state index contributed by atoms with van der Waals surface area (Å²) >= 11 is 0. The fourth-order valence-corrected chi connectivity index (χ4v) is 5.00. The molecule has 2 aliphatic carbocycles. The second-order valence-electron chi connectivity index (χ2n) is 8.30. The van der Waals surface area contributed by atoms with Gasteiger partial charge in [0.05, 0.1) is 17.0 Å². The fourth-order valence-electron chi connectivity index (χ4n) is 5.00. The first-order valence-electron chi connectivity index (χ1n) is 9.62. The topological polar surface area (TPSA) is 66.2 Å². The lowest BCUT2D eigenvalue weighted by Gasteiger charge is -2.37. The molecule has 3 atom stereocenters. The van der Waals surface area contributed by atoms with Crippen LogP contribution in [-0.2, 0) is 6.18 Å². The van der Waals surface area contributed by atoms with Crippen molar-refractivity contribution in [3.63, 3.8) is 0 Å². The van der Waals surface area contributed by atoms with Crippen LogP contribution in [0.1, 0.15) is 61.4 Å². The van der Waals surface area contributed by atoms with Gasteiger partial charge in [-0.15, -0.1) is 5.10 Å². The van der Waals surface area contributed by atoms with Crippen molar-refractivity contribution in [3.05, 3.63) is 41.1 Å². The number of halogens is 3. The molecule has 0 aliphatic heterocycles. The molecule has 0 amide bonds. The van der Waals surface area contributed by atoms with Crippen molar-refractivity contribution < 1.29 is 23.4 Å². The van der Waals surface area contributed by atoms with Gasteiger partial charge in [0.2, 0.25) is 0 Å². The maximum atomic E-state index is 12.8. The summed E-state index contributed by atoms with van der Waals surface area (Å²) in [5.74, 6) is 0.186. The van der Waals surface area contributed by atoms with Crippen LogP contribution in [0.3, 0.4) is 0 Å². The van der Waals surface area contributed by atoms with E-state index in [9.17, 15) is 23.4 Å². The van der Waals surface area contributed by atoms with Crippen molar-refractivity contribution in [2.24, 2.45) is 11.3 Å². The van der Waals surface area contributed by atoms with Gasteiger partial charge in [0.1, 0.15) is 11.9 Å². The quantitative estimate of drug-likeness (QED) is 0.755. The average molecular weight is 392 g/mol. The van der Waals surface area contributed by atoms with Gasteiger partial charge >= 0.3 is 6.18 Å². The Morgan fingerprint density at radius 2 is 1.93 bits per heavy atom. The molecular weight excluding hydrogens is 369 g/mol. The number of phenolic OH excluding ortho intramolecular Hbond substituents is 1. The fraction of sp³-hybridized carbons (Fsp3) is 0.524. The first kappa shape index (κ1) is 19.2. The third-order valence-corrected chi connectivity index (χ3v) is 6.48. The van der Waals surface area contributed by atoms with Gasteiger partial charge in [0.25, 0.3) is 0 Å². The molecule has 28 heavy (non-hydrogen) atoms. The van der Waals surface area contributed by atoms with Crippen molar-refractivity contribution in [1.82, 2.24) is 10.2 Å². The van der Waals surface area contributed by atoms with E-state index in [0.29, 0.717) is 28.9 Å². The average Bonchev–Trinajstić information content (AvgIpc) is 2.95. The summed E-state index contributed by atoms with van der Waals surface area (Å²) in [4.78, 5) is 0. The second kappa shape index (κ2) is 6.72. The summed E-state index contributed by atoms with van der Waals surface area (Å²) < 4.78 is 38.4. The van der Waals surface area contributed by atoms with Crippen molar-refractivity contribution in [3.8, 4) is 17.0 Å². The van der Waals surface area contributed by atoms with E-state index in [4.69, 9.17) is 0 Å². The van der Waals surface area contributed by atoms with Gasteiger partial charge in [0.15, 0.2) is 0 Å². The standard InChI is InChI=1S/C21H23F3N2O2/c1-12-9-16(19(28)20-7-2-3-13(11-20)6-8-20)25-26-18(12)15-5-4-14(10-17(15)27)21(22,23)24/h4-5,9-10,13,19,27-28H,2-3,6-8,11H2,1H3. The number of alkyl halides is 3. The summed E-state index contributed by atoms with van der Waals surface area (Å²) in [5, 5.41) is 29.4. The predicted molar refractivity (Wildman–Crippen MR) is 97.5 cm³/mol. The molecule has 2 N–H and O–H groups in total. The number of aliphatic hydroxyl groups excluding tert-OH is 1. The Hall–Kier alpha value is -2.15. The molecule has 150 valence electrons. The molecule has 2 fully saturated rings. The molecule has 7 heteroatoms. The number of hydrogen-bond acceptors (Lipinski definition) is 4. The van der Waals surface area contributed by atoms with Crippen LogP contribution >= 0.6 is 0 Å². The number of rotatable bonds is 3. The van der Waals surface area contributed by atoms with Gasteiger partial charge in [-0.05, 0) is 68.4 Å². The Bertz CT molecular complexity index is 896. The lowest BCUT2D eigenvalue weighted by atomic mass is 9.71. The molecule has 1 aromatic carbocycles. The highest BCUT2D eigenvalue weighted by atomic mass is 19.4. The van der Waals surface area contributed by atoms with Crippen molar-refractivity contribution in [2.75, 3.05) is 0 Å². The highest BCUT2D eigenvalue weighted by molar-refractivity contribution is 5.69. The van der Waals surface area contributed by atoms with E-state index in [1.807, 2.05) is 0 Å². The summed E-state index contributed by atoms with van der Waals surface area (Å²) in [6.07, 6.45) is 1.24. The molecule has 2 bridgehead atoms. The summed E-state index contributed by atoms with van der Waals surface area (Å²) in [5.41, 5.74) is 0.597. The number of aliphatic hydroxyl groups is 1. The van der Waals surface area contributed by atoms with E-state index in [1.165, 1.54) is 12.5 Å². The van der Waals surface area contributed by atoms with Gasteiger partial charge in [-0.25, -0.2) is 0 Å². The Balaban J connectivity index is 1.64. The van der Waals surface area contributed by atoms with E-state index in [2.05, 4.69) is 10.2 Å². The van der Waals surface area contributed by atoms with Gasteiger partial charge in [-0.1, -0.05) is 12.8 Å². The highest BCUT2D eigenvalue weighted by Crippen LogP contribution is 2.57. The van der Waals surface area contributed by atoms with Crippen LogP contribution in [0.2, 0.25) is 0 Å². The van der Waals surface area contributed by atoms with Crippen LogP contribution in [0, 0.1) is 18.3 Å². The molecule has 4 rings (SSSR count). The third kappa shape index (κ3) is 3.26. The van der Waals surface area contributed by atoms with Gasteiger partial charge in [-0.2, -0.15) is 18.3 Å². The number of fused-ring (bicyclic) bond motifs is 2. The summed E-state index contributed by atoms with van der Waals surface area (Å²) in [6.45, 7) is 1.76.